The maximum absolute atomic E-state index is 13.7. The maximum atomic E-state index is 13.7. The third-order valence-electron chi connectivity index (χ3n) is 7.47. The van der Waals surface area contributed by atoms with Gasteiger partial charge in [0.25, 0.3) is 0 Å². The van der Waals surface area contributed by atoms with Crippen molar-refractivity contribution in [1.82, 2.24) is 8.61 Å². The van der Waals surface area contributed by atoms with Gasteiger partial charge in [-0.25, -0.2) is 16.8 Å². The van der Waals surface area contributed by atoms with Crippen LogP contribution in [0.5, 0.6) is 0 Å². The fourth-order valence-corrected chi connectivity index (χ4v) is 8.68. The molecule has 39 heavy (non-hydrogen) atoms. The fraction of sp³-hybridized carbons (Fsp3) is 0.172. The fourth-order valence-electron chi connectivity index (χ4n) is 5.50. The average molecular weight is 561 g/mol. The van der Waals surface area contributed by atoms with Crippen molar-refractivity contribution in [2.75, 3.05) is 19.6 Å². The molecule has 1 saturated heterocycles. The minimum absolute atomic E-state index is 0.0443. The number of sulfonamides is 2. The zero-order valence-electron chi connectivity index (χ0n) is 20.9. The van der Waals surface area contributed by atoms with Crippen LogP contribution in [0, 0.1) is 0 Å². The molecule has 8 nitrogen and oxygen atoms in total. The molecule has 10 heteroatoms. The zero-order valence-corrected chi connectivity index (χ0v) is 22.6. The number of furan rings is 2. The van der Waals surface area contributed by atoms with Gasteiger partial charge in [-0.15, -0.1) is 0 Å². The van der Waals surface area contributed by atoms with Crippen molar-refractivity contribution in [2.24, 2.45) is 0 Å². The van der Waals surface area contributed by atoms with Crippen molar-refractivity contribution in [3.63, 3.8) is 0 Å². The molecule has 1 aliphatic rings. The summed E-state index contributed by atoms with van der Waals surface area (Å²) in [4.78, 5) is 0.310. The van der Waals surface area contributed by atoms with Crippen LogP contribution in [0.4, 0.5) is 0 Å². The first kappa shape index (κ1) is 24.3. The van der Waals surface area contributed by atoms with Gasteiger partial charge in [0.15, 0.2) is 0 Å². The van der Waals surface area contributed by atoms with Crippen LogP contribution < -0.4 is 0 Å². The molecule has 0 amide bonds. The van der Waals surface area contributed by atoms with E-state index in [2.05, 4.69) is 0 Å². The molecule has 4 aromatic carbocycles. The van der Waals surface area contributed by atoms with Gasteiger partial charge >= 0.3 is 0 Å². The molecule has 6 aromatic rings. The summed E-state index contributed by atoms with van der Waals surface area (Å²) in [5.41, 5.74) is 2.61. The molecule has 1 fully saturated rings. The molecule has 0 N–H and O–H groups in total. The summed E-state index contributed by atoms with van der Waals surface area (Å²) < 4.78 is 69.0. The predicted molar refractivity (Wildman–Crippen MR) is 150 cm³/mol. The monoisotopic (exact) mass is 560 g/mol. The Morgan fingerprint density at radius 1 is 0.615 bits per heavy atom. The van der Waals surface area contributed by atoms with Gasteiger partial charge in [0.05, 0.1) is 9.79 Å². The van der Waals surface area contributed by atoms with Gasteiger partial charge < -0.3 is 8.83 Å². The zero-order chi connectivity index (χ0) is 26.9. The molecule has 0 unspecified atom stereocenters. The molecule has 7 rings (SSSR count). The van der Waals surface area contributed by atoms with Crippen LogP contribution in [-0.2, 0) is 20.0 Å². The Morgan fingerprint density at radius 3 is 1.64 bits per heavy atom. The Morgan fingerprint density at radius 2 is 1.10 bits per heavy atom. The summed E-state index contributed by atoms with van der Waals surface area (Å²) in [7, 11) is -7.72. The molecule has 0 spiro atoms. The number of nitrogens with zero attached hydrogens (tertiary/aromatic N) is 2. The molecule has 0 bridgehead atoms. The highest BCUT2D eigenvalue weighted by Crippen LogP contribution is 2.34. The van der Waals surface area contributed by atoms with Gasteiger partial charge in [-0.1, -0.05) is 36.4 Å². The Bertz CT molecular complexity index is 2130. The van der Waals surface area contributed by atoms with E-state index < -0.39 is 26.1 Å². The van der Waals surface area contributed by atoms with E-state index in [1.165, 1.54) is 14.7 Å². The van der Waals surface area contributed by atoms with E-state index in [9.17, 15) is 16.8 Å². The summed E-state index contributed by atoms with van der Waals surface area (Å²) in [5, 5.41) is 3.14. The van der Waals surface area contributed by atoms with E-state index in [4.69, 9.17) is 8.83 Å². The van der Waals surface area contributed by atoms with E-state index in [1.54, 1.807) is 37.3 Å². The lowest BCUT2D eigenvalue weighted by Crippen LogP contribution is -2.55. The highest BCUT2D eigenvalue weighted by molar-refractivity contribution is 7.89. The van der Waals surface area contributed by atoms with E-state index >= 15 is 0 Å². The van der Waals surface area contributed by atoms with Crippen molar-refractivity contribution in [2.45, 2.75) is 22.8 Å². The second-order valence-electron chi connectivity index (χ2n) is 9.84. The minimum Gasteiger partial charge on any atom is -0.456 e. The van der Waals surface area contributed by atoms with Crippen molar-refractivity contribution in [1.29, 1.82) is 0 Å². The van der Waals surface area contributed by atoms with Crippen LogP contribution in [-0.4, -0.2) is 51.1 Å². The van der Waals surface area contributed by atoms with Gasteiger partial charge in [0.2, 0.25) is 20.0 Å². The van der Waals surface area contributed by atoms with E-state index in [-0.39, 0.29) is 29.4 Å². The molecule has 2 aromatic heterocycles. The molecule has 0 aliphatic carbocycles. The van der Waals surface area contributed by atoms with E-state index in [1.807, 2.05) is 48.5 Å². The van der Waals surface area contributed by atoms with Crippen molar-refractivity contribution >= 4 is 63.9 Å². The second kappa shape index (κ2) is 8.65. The highest BCUT2D eigenvalue weighted by Gasteiger charge is 2.38. The quantitative estimate of drug-likeness (QED) is 0.279. The lowest BCUT2D eigenvalue weighted by Gasteiger charge is -2.38. The van der Waals surface area contributed by atoms with Gasteiger partial charge in [0, 0.05) is 47.2 Å². The number of hydrogen-bond acceptors (Lipinski definition) is 6. The summed E-state index contributed by atoms with van der Waals surface area (Å²) in [6, 6.07) is 24.1. The van der Waals surface area contributed by atoms with Crippen LogP contribution in [0.1, 0.15) is 6.92 Å². The maximum Gasteiger partial charge on any atom is 0.243 e. The first-order valence-corrected chi connectivity index (χ1v) is 15.5. The molecule has 198 valence electrons. The largest absolute Gasteiger partial charge is 0.456 e. The number of benzene rings is 4. The third kappa shape index (κ3) is 3.78. The molecular formula is C29H24N2O6S2. The molecule has 0 radical (unpaired) electrons. The molecule has 1 aliphatic heterocycles. The normalized spacial score (nSPS) is 18.0. The van der Waals surface area contributed by atoms with Crippen LogP contribution >= 0.6 is 0 Å². The number of fused-ring (bicyclic) bond motifs is 6. The topological polar surface area (TPSA) is 101 Å². The Balaban J connectivity index is 1.18. The van der Waals surface area contributed by atoms with Crippen LogP contribution in [0.2, 0.25) is 0 Å². The van der Waals surface area contributed by atoms with Crippen LogP contribution in [0.3, 0.4) is 0 Å². The first-order chi connectivity index (χ1) is 18.7. The number of hydrogen-bond donors (Lipinski definition) is 0. The van der Waals surface area contributed by atoms with Gasteiger partial charge in [-0.3, -0.25) is 0 Å². The first-order valence-electron chi connectivity index (χ1n) is 12.6. The standard InChI is InChI=1S/C29H24N2O6S2/c1-19-18-30(38(32,33)20-10-12-28-24(16-20)22-6-2-4-8-26(22)36-28)14-15-31(19)39(34,35)21-11-13-29-25(17-21)23-7-3-5-9-27(23)37-29/h2-13,16-17,19H,14-15,18H2,1H3/t19-/m1/s1. The smallest absolute Gasteiger partial charge is 0.243 e. The summed E-state index contributed by atoms with van der Waals surface area (Å²) in [5.74, 6) is 0. The van der Waals surface area contributed by atoms with Crippen LogP contribution in [0.25, 0.3) is 43.9 Å². The Hall–Kier alpha value is -3.70. The van der Waals surface area contributed by atoms with Gasteiger partial charge in [0.1, 0.15) is 22.3 Å². The van der Waals surface area contributed by atoms with E-state index in [0.717, 1.165) is 21.5 Å². The predicted octanol–water partition coefficient (Wildman–Crippen LogP) is 5.57. The van der Waals surface area contributed by atoms with Gasteiger partial charge in [-0.05, 0) is 55.5 Å². The Kier molecular flexibility index (Phi) is 5.40. The highest BCUT2D eigenvalue weighted by atomic mass is 32.2. The third-order valence-corrected chi connectivity index (χ3v) is 11.3. The second-order valence-corrected chi connectivity index (χ2v) is 13.7. The number of piperazine rings is 1. The SMILES string of the molecule is C[C@@H]1CN(S(=O)(=O)c2ccc3oc4ccccc4c3c2)CCN1S(=O)(=O)c1ccc2oc3ccccc3c2c1. The van der Waals surface area contributed by atoms with Crippen molar-refractivity contribution in [3.8, 4) is 0 Å². The average Bonchev–Trinajstić information content (AvgIpc) is 3.50. The molecular weight excluding hydrogens is 536 g/mol. The number of para-hydroxylation sites is 2. The molecule has 3 heterocycles. The van der Waals surface area contributed by atoms with E-state index in [0.29, 0.717) is 22.3 Å². The lowest BCUT2D eigenvalue weighted by molar-refractivity contribution is 0.212. The lowest BCUT2D eigenvalue weighted by atomic mass is 10.1. The van der Waals surface area contributed by atoms with Crippen molar-refractivity contribution < 1.29 is 25.7 Å². The summed E-state index contributed by atoms with van der Waals surface area (Å²) >= 11 is 0. The Labute approximate surface area is 225 Å². The molecule has 0 saturated carbocycles. The van der Waals surface area contributed by atoms with Crippen LogP contribution in [0.15, 0.2) is 104 Å². The van der Waals surface area contributed by atoms with Gasteiger partial charge in [-0.2, -0.15) is 8.61 Å². The molecule has 1 atom stereocenters. The number of rotatable bonds is 4. The minimum atomic E-state index is -3.87. The summed E-state index contributed by atoms with van der Waals surface area (Å²) in [6.45, 7) is 1.87. The van der Waals surface area contributed by atoms with Crippen molar-refractivity contribution in [3.05, 3.63) is 84.9 Å². The summed E-state index contributed by atoms with van der Waals surface area (Å²) in [6.07, 6.45) is 0.